The number of hydrogen-bond acceptors (Lipinski definition) is 3. The lowest BCUT2D eigenvalue weighted by molar-refractivity contribution is 0.150. The van der Waals surface area contributed by atoms with Gasteiger partial charge >= 0.3 is 0 Å². The van der Waals surface area contributed by atoms with Crippen molar-refractivity contribution in [2.45, 2.75) is 31.9 Å². The van der Waals surface area contributed by atoms with E-state index in [4.69, 9.17) is 0 Å². The summed E-state index contributed by atoms with van der Waals surface area (Å²) in [6.07, 6.45) is 0.532. The van der Waals surface area contributed by atoms with Gasteiger partial charge in [-0.1, -0.05) is 31.2 Å². The standard InChI is InChI=1S/C13H20N2O3S/c1-3-8-15(2)19(17,18)14-13-11-7-5-4-6-10(11)9-12(13)16/h4-7,12-14,16H,3,8-9H2,1-2H3/t12-,13-/m0/s1. The van der Waals surface area contributed by atoms with Gasteiger partial charge in [0.05, 0.1) is 12.1 Å². The Morgan fingerprint density at radius 2 is 2.11 bits per heavy atom. The van der Waals surface area contributed by atoms with Gasteiger partial charge in [0, 0.05) is 20.0 Å². The number of nitrogens with one attached hydrogen (secondary N) is 1. The molecule has 1 aliphatic rings. The number of hydrogen-bond donors (Lipinski definition) is 2. The van der Waals surface area contributed by atoms with Crippen molar-refractivity contribution >= 4 is 10.2 Å². The van der Waals surface area contributed by atoms with E-state index in [1.54, 1.807) is 7.05 Å². The molecule has 6 heteroatoms. The Morgan fingerprint density at radius 3 is 2.79 bits per heavy atom. The molecule has 0 fully saturated rings. The van der Waals surface area contributed by atoms with Gasteiger partial charge in [0.1, 0.15) is 0 Å². The molecule has 0 amide bonds. The van der Waals surface area contributed by atoms with Crippen LogP contribution in [0.3, 0.4) is 0 Å². The fourth-order valence-electron chi connectivity index (χ4n) is 2.40. The molecule has 5 nitrogen and oxygen atoms in total. The first-order valence-electron chi connectivity index (χ1n) is 6.45. The van der Waals surface area contributed by atoms with Crippen LogP contribution in [0.15, 0.2) is 24.3 Å². The Bertz CT molecular complexity index is 545. The summed E-state index contributed by atoms with van der Waals surface area (Å²) in [5, 5.41) is 10.0. The van der Waals surface area contributed by atoms with Gasteiger partial charge in [-0.15, -0.1) is 0 Å². The third-order valence-electron chi connectivity index (χ3n) is 3.43. The maximum Gasteiger partial charge on any atom is 0.279 e. The summed E-state index contributed by atoms with van der Waals surface area (Å²) in [5.41, 5.74) is 1.87. The second kappa shape index (κ2) is 5.58. The molecule has 0 heterocycles. The quantitative estimate of drug-likeness (QED) is 0.841. The van der Waals surface area contributed by atoms with Gasteiger partial charge in [-0.05, 0) is 17.5 Å². The maximum atomic E-state index is 12.1. The normalized spacial score (nSPS) is 22.7. The van der Waals surface area contributed by atoms with Crippen LogP contribution < -0.4 is 4.72 Å². The first kappa shape index (κ1) is 14.5. The Labute approximate surface area is 114 Å². The molecule has 0 aliphatic heterocycles. The van der Waals surface area contributed by atoms with E-state index in [1.165, 1.54) is 4.31 Å². The molecule has 1 aromatic rings. The molecule has 1 aromatic carbocycles. The van der Waals surface area contributed by atoms with E-state index in [1.807, 2.05) is 31.2 Å². The van der Waals surface area contributed by atoms with Gasteiger partial charge in [-0.2, -0.15) is 17.4 Å². The minimum Gasteiger partial charge on any atom is -0.391 e. The largest absolute Gasteiger partial charge is 0.391 e. The highest BCUT2D eigenvalue weighted by molar-refractivity contribution is 7.87. The summed E-state index contributed by atoms with van der Waals surface area (Å²) in [5.74, 6) is 0. The Morgan fingerprint density at radius 1 is 1.42 bits per heavy atom. The van der Waals surface area contributed by atoms with Crippen molar-refractivity contribution in [3.05, 3.63) is 35.4 Å². The molecule has 2 rings (SSSR count). The summed E-state index contributed by atoms with van der Waals surface area (Å²) in [4.78, 5) is 0. The molecule has 0 radical (unpaired) electrons. The summed E-state index contributed by atoms with van der Waals surface area (Å²) in [6.45, 7) is 2.38. The molecule has 106 valence electrons. The van der Waals surface area contributed by atoms with Crippen molar-refractivity contribution in [3.8, 4) is 0 Å². The lowest BCUT2D eigenvalue weighted by Crippen LogP contribution is -2.42. The molecule has 0 spiro atoms. The SMILES string of the molecule is CCCN(C)S(=O)(=O)N[C@H]1c2ccccc2C[C@@H]1O. The van der Waals surface area contributed by atoms with Crippen molar-refractivity contribution in [3.63, 3.8) is 0 Å². The van der Waals surface area contributed by atoms with E-state index >= 15 is 0 Å². The van der Waals surface area contributed by atoms with Crippen molar-refractivity contribution in [2.24, 2.45) is 0 Å². The zero-order valence-corrected chi connectivity index (χ0v) is 12.0. The highest BCUT2D eigenvalue weighted by atomic mass is 32.2. The van der Waals surface area contributed by atoms with Crippen LogP contribution >= 0.6 is 0 Å². The van der Waals surface area contributed by atoms with Crippen molar-refractivity contribution in [1.82, 2.24) is 9.03 Å². The zero-order valence-electron chi connectivity index (χ0n) is 11.2. The molecular formula is C13H20N2O3S. The molecule has 2 N–H and O–H groups in total. The maximum absolute atomic E-state index is 12.1. The van der Waals surface area contributed by atoms with Crippen LogP contribution in [0.25, 0.3) is 0 Å². The highest BCUT2D eigenvalue weighted by Crippen LogP contribution is 2.31. The fraction of sp³-hybridized carbons (Fsp3) is 0.538. The topological polar surface area (TPSA) is 69.6 Å². The first-order chi connectivity index (χ1) is 8.95. The minimum atomic E-state index is -3.56. The van der Waals surface area contributed by atoms with E-state index in [0.29, 0.717) is 13.0 Å². The van der Waals surface area contributed by atoms with E-state index in [2.05, 4.69) is 4.72 Å². The number of aliphatic hydroxyl groups excluding tert-OH is 1. The molecule has 0 saturated carbocycles. The molecule has 1 aliphatic carbocycles. The van der Waals surface area contributed by atoms with Crippen molar-refractivity contribution < 1.29 is 13.5 Å². The molecule has 0 aromatic heterocycles. The van der Waals surface area contributed by atoms with E-state index in [-0.39, 0.29) is 0 Å². The smallest absolute Gasteiger partial charge is 0.279 e. The van der Waals surface area contributed by atoms with Crippen LogP contribution in [0.2, 0.25) is 0 Å². The van der Waals surface area contributed by atoms with Gasteiger partial charge in [-0.25, -0.2) is 0 Å². The summed E-state index contributed by atoms with van der Waals surface area (Å²) < 4.78 is 28.1. The Hall–Kier alpha value is -0.950. The van der Waals surface area contributed by atoms with Crippen LogP contribution in [-0.4, -0.2) is 37.5 Å². The number of benzene rings is 1. The number of aliphatic hydroxyl groups is 1. The monoisotopic (exact) mass is 284 g/mol. The molecule has 2 atom stereocenters. The number of nitrogens with zero attached hydrogens (tertiary/aromatic N) is 1. The van der Waals surface area contributed by atoms with Gasteiger partial charge < -0.3 is 5.11 Å². The fourth-order valence-corrected chi connectivity index (χ4v) is 3.61. The Kier molecular flexibility index (Phi) is 4.25. The summed E-state index contributed by atoms with van der Waals surface area (Å²) >= 11 is 0. The van der Waals surface area contributed by atoms with E-state index < -0.39 is 22.4 Å². The number of fused-ring (bicyclic) bond motifs is 1. The van der Waals surface area contributed by atoms with Gasteiger partial charge in [0.15, 0.2) is 0 Å². The highest BCUT2D eigenvalue weighted by Gasteiger charge is 2.34. The molecule has 19 heavy (non-hydrogen) atoms. The van der Waals surface area contributed by atoms with E-state index in [0.717, 1.165) is 17.5 Å². The van der Waals surface area contributed by atoms with Gasteiger partial charge in [-0.3, -0.25) is 0 Å². The minimum absolute atomic E-state index is 0.458. The molecule has 0 saturated heterocycles. The van der Waals surface area contributed by atoms with Crippen molar-refractivity contribution in [2.75, 3.05) is 13.6 Å². The lowest BCUT2D eigenvalue weighted by atomic mass is 10.1. The van der Waals surface area contributed by atoms with Crippen LogP contribution in [0.4, 0.5) is 0 Å². The predicted octanol–water partition coefficient (Wildman–Crippen LogP) is 0.821. The van der Waals surface area contributed by atoms with E-state index in [9.17, 15) is 13.5 Å². The Balaban J connectivity index is 2.20. The first-order valence-corrected chi connectivity index (χ1v) is 7.89. The molecule has 0 unspecified atom stereocenters. The van der Waals surface area contributed by atoms with Gasteiger partial charge in [0.2, 0.25) is 0 Å². The van der Waals surface area contributed by atoms with Crippen LogP contribution in [0.5, 0.6) is 0 Å². The lowest BCUT2D eigenvalue weighted by Gasteiger charge is -2.22. The predicted molar refractivity (Wildman–Crippen MR) is 73.9 cm³/mol. The summed E-state index contributed by atoms with van der Waals surface area (Å²) in [6, 6.07) is 6.97. The second-order valence-corrected chi connectivity index (χ2v) is 6.70. The summed E-state index contributed by atoms with van der Waals surface area (Å²) in [7, 11) is -2.02. The average molecular weight is 284 g/mol. The number of rotatable bonds is 5. The van der Waals surface area contributed by atoms with Crippen LogP contribution in [-0.2, 0) is 16.6 Å². The third kappa shape index (κ3) is 2.97. The van der Waals surface area contributed by atoms with Crippen LogP contribution in [0, 0.1) is 0 Å². The molecule has 0 bridgehead atoms. The molecular weight excluding hydrogens is 264 g/mol. The average Bonchev–Trinajstić information content (AvgIpc) is 2.66. The van der Waals surface area contributed by atoms with Crippen LogP contribution in [0.1, 0.15) is 30.5 Å². The van der Waals surface area contributed by atoms with Crippen molar-refractivity contribution in [1.29, 1.82) is 0 Å². The van der Waals surface area contributed by atoms with Gasteiger partial charge in [0.25, 0.3) is 10.2 Å². The second-order valence-electron chi connectivity index (χ2n) is 4.89. The zero-order chi connectivity index (χ0) is 14.0. The third-order valence-corrected chi connectivity index (χ3v) is 4.98.